The lowest BCUT2D eigenvalue weighted by Crippen LogP contribution is -2.04. The van der Waals surface area contributed by atoms with Gasteiger partial charge in [-0.3, -0.25) is 0 Å². The largest absolute Gasteiger partial charge is 0.854 e. The summed E-state index contributed by atoms with van der Waals surface area (Å²) < 4.78 is 0. The number of rotatable bonds is 4. The van der Waals surface area contributed by atoms with E-state index in [1.165, 1.54) is 12.8 Å². The lowest BCUT2D eigenvalue weighted by atomic mass is 10.2. The van der Waals surface area contributed by atoms with Gasteiger partial charge >= 0.3 is 0 Å². The van der Waals surface area contributed by atoms with E-state index in [4.69, 9.17) is 0 Å². The lowest BCUT2D eigenvalue weighted by Gasteiger charge is -1.99. The van der Waals surface area contributed by atoms with Gasteiger partial charge < -0.3 is 11.3 Å². The second-order valence-electron chi connectivity index (χ2n) is 1.76. The first-order valence-electron chi connectivity index (χ1n) is 3.00. The van der Waals surface area contributed by atoms with Gasteiger partial charge in [0.1, 0.15) is 0 Å². The van der Waals surface area contributed by atoms with Gasteiger partial charge in [-0.1, -0.05) is 32.6 Å². The maximum Gasteiger partial charge on any atom is -0.0536 e. The van der Waals surface area contributed by atoms with Gasteiger partial charge in [-0.2, -0.15) is 0 Å². The standard InChI is InChI=1S/C6H13O.H3N/c1-2-3-4-5-6-7;/h2-6H2,1H3;1H3/q-1;/p+1. The van der Waals surface area contributed by atoms with Crippen LogP contribution in [0.25, 0.3) is 0 Å². The van der Waals surface area contributed by atoms with Crippen molar-refractivity contribution in [2.45, 2.75) is 32.6 Å². The SMILES string of the molecule is CCCCCC[O-].[NH4+]. The topological polar surface area (TPSA) is 59.6 Å². The van der Waals surface area contributed by atoms with E-state index in [0.717, 1.165) is 12.8 Å². The van der Waals surface area contributed by atoms with Crippen LogP contribution in [-0.4, -0.2) is 6.61 Å². The Labute approximate surface area is 51.5 Å². The Morgan fingerprint density at radius 1 is 1.12 bits per heavy atom. The molecule has 0 saturated heterocycles. The fourth-order valence-corrected chi connectivity index (χ4v) is 0.529. The third-order valence-corrected chi connectivity index (χ3v) is 0.998. The van der Waals surface area contributed by atoms with Crippen molar-refractivity contribution in [3.05, 3.63) is 0 Å². The Morgan fingerprint density at radius 3 is 2.12 bits per heavy atom. The minimum absolute atomic E-state index is 0. The van der Waals surface area contributed by atoms with Crippen molar-refractivity contribution < 1.29 is 5.11 Å². The van der Waals surface area contributed by atoms with Crippen LogP contribution in [0, 0.1) is 0 Å². The Bertz CT molecular complexity index is 27.7. The lowest BCUT2D eigenvalue weighted by molar-refractivity contribution is -0.368. The monoisotopic (exact) mass is 119 g/mol. The molecule has 0 amide bonds. The van der Waals surface area contributed by atoms with Crippen molar-refractivity contribution in [2.24, 2.45) is 0 Å². The van der Waals surface area contributed by atoms with Crippen LogP contribution in [0.2, 0.25) is 0 Å². The summed E-state index contributed by atoms with van der Waals surface area (Å²) in [6.45, 7) is 2.25. The zero-order valence-corrected chi connectivity index (χ0v) is 5.94. The smallest absolute Gasteiger partial charge is 0.0536 e. The van der Waals surface area contributed by atoms with E-state index in [1.807, 2.05) is 0 Å². The minimum atomic E-state index is 0. The Balaban J connectivity index is 0. The van der Waals surface area contributed by atoms with Gasteiger partial charge in [-0.05, 0) is 0 Å². The molecule has 8 heavy (non-hydrogen) atoms. The quantitative estimate of drug-likeness (QED) is 0.557. The van der Waals surface area contributed by atoms with Crippen molar-refractivity contribution in [2.75, 3.05) is 6.61 Å². The summed E-state index contributed by atoms with van der Waals surface area (Å²) in [5.41, 5.74) is 0. The molecule has 0 unspecified atom stereocenters. The first kappa shape index (κ1) is 10.8. The van der Waals surface area contributed by atoms with Gasteiger partial charge in [0.2, 0.25) is 0 Å². The summed E-state index contributed by atoms with van der Waals surface area (Å²) in [7, 11) is 0. The van der Waals surface area contributed by atoms with Crippen molar-refractivity contribution in [3.63, 3.8) is 0 Å². The number of quaternary nitrogens is 1. The first-order chi connectivity index (χ1) is 3.41. The van der Waals surface area contributed by atoms with Crippen molar-refractivity contribution in [3.8, 4) is 0 Å². The van der Waals surface area contributed by atoms with Gasteiger partial charge in [0.15, 0.2) is 0 Å². The Hall–Kier alpha value is -0.0800. The molecule has 0 spiro atoms. The number of hydrogen-bond acceptors (Lipinski definition) is 1. The highest BCUT2D eigenvalue weighted by molar-refractivity contribution is 4.35. The molecule has 2 heteroatoms. The zero-order chi connectivity index (χ0) is 5.54. The molecule has 52 valence electrons. The number of unbranched alkanes of at least 4 members (excludes halogenated alkanes) is 3. The molecule has 0 heterocycles. The third-order valence-electron chi connectivity index (χ3n) is 0.998. The van der Waals surface area contributed by atoms with Gasteiger partial charge in [-0.25, -0.2) is 0 Å². The molecule has 0 saturated carbocycles. The van der Waals surface area contributed by atoms with Crippen molar-refractivity contribution in [1.82, 2.24) is 6.15 Å². The second kappa shape index (κ2) is 10.0. The molecule has 0 aromatic heterocycles. The summed E-state index contributed by atoms with van der Waals surface area (Å²) in [6, 6.07) is 0. The summed E-state index contributed by atoms with van der Waals surface area (Å²) in [5.74, 6) is 0. The molecule has 0 aliphatic carbocycles. The molecule has 0 aliphatic heterocycles. The van der Waals surface area contributed by atoms with Crippen molar-refractivity contribution in [1.29, 1.82) is 0 Å². The van der Waals surface area contributed by atoms with E-state index in [2.05, 4.69) is 6.92 Å². The van der Waals surface area contributed by atoms with Crippen LogP contribution in [0.4, 0.5) is 0 Å². The molecule has 2 nitrogen and oxygen atoms in total. The van der Waals surface area contributed by atoms with Crippen LogP contribution in [-0.2, 0) is 0 Å². The highest BCUT2D eigenvalue weighted by Gasteiger charge is 1.77. The predicted octanol–water partition coefficient (Wildman–Crippen LogP) is 1.30. The van der Waals surface area contributed by atoms with Crippen molar-refractivity contribution >= 4 is 0 Å². The summed E-state index contributed by atoms with van der Waals surface area (Å²) >= 11 is 0. The fourth-order valence-electron chi connectivity index (χ4n) is 0.529. The van der Waals surface area contributed by atoms with Gasteiger partial charge in [0.05, 0.1) is 0 Å². The molecule has 0 aliphatic rings. The summed E-state index contributed by atoms with van der Waals surface area (Å²) in [4.78, 5) is 0. The average molecular weight is 119 g/mol. The van der Waals surface area contributed by atoms with Crippen LogP contribution >= 0.6 is 0 Å². The van der Waals surface area contributed by atoms with E-state index in [-0.39, 0.29) is 12.8 Å². The molecule has 0 atom stereocenters. The van der Waals surface area contributed by atoms with Crippen LogP contribution in [0.5, 0.6) is 0 Å². The average Bonchev–Trinajstić information content (AvgIpc) is 1.69. The summed E-state index contributed by atoms with van der Waals surface area (Å²) in [6.07, 6.45) is 4.44. The minimum Gasteiger partial charge on any atom is -0.854 e. The fraction of sp³-hybridized carbons (Fsp3) is 1.00. The number of hydrogen-bond donors (Lipinski definition) is 1. The maximum absolute atomic E-state index is 9.80. The predicted molar refractivity (Wildman–Crippen MR) is 35.0 cm³/mol. The van der Waals surface area contributed by atoms with E-state index in [9.17, 15) is 5.11 Å². The van der Waals surface area contributed by atoms with Gasteiger partial charge in [-0.15, -0.1) is 6.61 Å². The Kier molecular flexibility index (Phi) is 13.6. The van der Waals surface area contributed by atoms with Crippen LogP contribution in [0.1, 0.15) is 32.6 Å². The summed E-state index contributed by atoms with van der Waals surface area (Å²) in [5, 5.41) is 9.80. The second-order valence-corrected chi connectivity index (χ2v) is 1.76. The highest BCUT2D eigenvalue weighted by atomic mass is 16.2. The molecular formula is C6H17NO. The molecule has 0 radical (unpaired) electrons. The molecule has 0 bridgehead atoms. The van der Waals surface area contributed by atoms with E-state index < -0.39 is 0 Å². The highest BCUT2D eigenvalue weighted by Crippen LogP contribution is 1.95. The molecule has 0 aromatic carbocycles. The van der Waals surface area contributed by atoms with Gasteiger partial charge in [0, 0.05) is 0 Å². The molecule has 0 rings (SSSR count). The van der Waals surface area contributed by atoms with E-state index in [1.54, 1.807) is 0 Å². The Morgan fingerprint density at radius 2 is 1.75 bits per heavy atom. The van der Waals surface area contributed by atoms with Crippen LogP contribution in [0.15, 0.2) is 0 Å². The third kappa shape index (κ3) is 9.33. The zero-order valence-electron chi connectivity index (χ0n) is 5.94. The van der Waals surface area contributed by atoms with Crippen LogP contribution < -0.4 is 11.3 Å². The van der Waals surface area contributed by atoms with Gasteiger partial charge in [0.25, 0.3) is 0 Å². The van der Waals surface area contributed by atoms with Crippen LogP contribution in [0.3, 0.4) is 0 Å². The molecular weight excluding hydrogens is 102 g/mol. The van der Waals surface area contributed by atoms with E-state index >= 15 is 0 Å². The first-order valence-corrected chi connectivity index (χ1v) is 3.00. The molecule has 0 fully saturated rings. The molecule has 0 aromatic rings. The van der Waals surface area contributed by atoms with E-state index in [0.29, 0.717) is 0 Å². The molecule has 4 N–H and O–H groups in total. The maximum atomic E-state index is 9.80. The normalized spacial score (nSPS) is 8.25.